The Morgan fingerprint density at radius 3 is 2.87 bits per heavy atom. The summed E-state index contributed by atoms with van der Waals surface area (Å²) >= 11 is 0. The Morgan fingerprint density at radius 1 is 1.67 bits per heavy atom. The van der Waals surface area contributed by atoms with Crippen LogP contribution in [0.4, 0.5) is 0 Å². The predicted octanol–water partition coefficient (Wildman–Crippen LogP) is 1.08. The molecule has 0 saturated carbocycles. The topological polar surface area (TPSA) is 62.1 Å². The van der Waals surface area contributed by atoms with E-state index in [4.69, 9.17) is 10.00 Å². The van der Waals surface area contributed by atoms with E-state index in [2.05, 4.69) is 5.32 Å². The molecular formula is C11H18N2O2. The summed E-state index contributed by atoms with van der Waals surface area (Å²) in [5, 5.41) is 11.6. The highest BCUT2D eigenvalue weighted by Crippen LogP contribution is 2.12. The molecule has 1 saturated heterocycles. The van der Waals surface area contributed by atoms with Crippen LogP contribution in [0.3, 0.4) is 0 Å². The van der Waals surface area contributed by atoms with Gasteiger partial charge in [0.15, 0.2) is 0 Å². The number of hydrogen-bond donors (Lipinski definition) is 1. The lowest BCUT2D eigenvalue weighted by molar-refractivity contribution is -0.124. The second-order valence-corrected chi connectivity index (χ2v) is 4.23. The van der Waals surface area contributed by atoms with E-state index in [0.717, 1.165) is 19.4 Å². The van der Waals surface area contributed by atoms with Crippen molar-refractivity contribution in [3.05, 3.63) is 0 Å². The van der Waals surface area contributed by atoms with Gasteiger partial charge in [-0.2, -0.15) is 5.26 Å². The van der Waals surface area contributed by atoms with Gasteiger partial charge in [0.2, 0.25) is 5.91 Å². The molecule has 2 atom stereocenters. The Labute approximate surface area is 90.6 Å². The fraction of sp³-hybridized carbons (Fsp3) is 0.818. The molecule has 1 aliphatic heterocycles. The van der Waals surface area contributed by atoms with Crippen molar-refractivity contribution in [2.75, 3.05) is 13.2 Å². The van der Waals surface area contributed by atoms with Crippen LogP contribution in [0.1, 0.15) is 26.7 Å². The molecule has 0 aliphatic carbocycles. The van der Waals surface area contributed by atoms with Crippen molar-refractivity contribution in [1.82, 2.24) is 5.32 Å². The maximum Gasteiger partial charge on any atom is 0.237 e. The molecule has 2 unspecified atom stereocenters. The Kier molecular flexibility index (Phi) is 4.57. The Hall–Kier alpha value is -1.08. The van der Waals surface area contributed by atoms with E-state index < -0.39 is 5.92 Å². The summed E-state index contributed by atoms with van der Waals surface area (Å²) in [5.74, 6) is -0.672. The first-order valence-corrected chi connectivity index (χ1v) is 5.44. The van der Waals surface area contributed by atoms with Crippen molar-refractivity contribution in [2.45, 2.75) is 32.8 Å². The lowest BCUT2D eigenvalue weighted by Crippen LogP contribution is -2.37. The number of ether oxygens (including phenoxy) is 1. The van der Waals surface area contributed by atoms with Crippen LogP contribution in [0, 0.1) is 23.2 Å². The number of nitrogens with one attached hydrogen (secondary N) is 1. The van der Waals surface area contributed by atoms with Gasteiger partial charge >= 0.3 is 0 Å². The summed E-state index contributed by atoms with van der Waals surface area (Å²) in [6.45, 7) is 5.06. The van der Waals surface area contributed by atoms with E-state index in [-0.39, 0.29) is 17.9 Å². The molecule has 1 amide bonds. The van der Waals surface area contributed by atoms with E-state index in [1.807, 2.05) is 19.9 Å². The second kappa shape index (κ2) is 5.72. The Balaban J connectivity index is 2.31. The molecule has 0 aromatic carbocycles. The van der Waals surface area contributed by atoms with Crippen LogP contribution in [0.2, 0.25) is 0 Å². The van der Waals surface area contributed by atoms with Gasteiger partial charge < -0.3 is 10.1 Å². The molecule has 15 heavy (non-hydrogen) atoms. The molecule has 1 fully saturated rings. The van der Waals surface area contributed by atoms with Gasteiger partial charge in [0.05, 0.1) is 12.2 Å². The highest BCUT2D eigenvalue weighted by molar-refractivity contribution is 5.81. The van der Waals surface area contributed by atoms with E-state index in [1.165, 1.54) is 0 Å². The molecule has 4 nitrogen and oxygen atoms in total. The van der Waals surface area contributed by atoms with Crippen LogP contribution in [0.25, 0.3) is 0 Å². The van der Waals surface area contributed by atoms with Crippen molar-refractivity contribution in [2.24, 2.45) is 11.8 Å². The van der Waals surface area contributed by atoms with Gasteiger partial charge in [0.25, 0.3) is 0 Å². The maximum absolute atomic E-state index is 11.6. The molecule has 1 heterocycles. The normalized spacial score (nSPS) is 22.4. The first kappa shape index (κ1) is 12.0. The summed E-state index contributed by atoms with van der Waals surface area (Å²) in [6, 6.07) is 2.02. The van der Waals surface area contributed by atoms with Crippen molar-refractivity contribution in [3.63, 3.8) is 0 Å². The van der Waals surface area contributed by atoms with Gasteiger partial charge in [-0.1, -0.05) is 13.8 Å². The van der Waals surface area contributed by atoms with Gasteiger partial charge in [0, 0.05) is 13.2 Å². The van der Waals surface area contributed by atoms with Crippen molar-refractivity contribution < 1.29 is 9.53 Å². The number of carbonyl (C=O) groups excluding carboxylic acids is 1. The van der Waals surface area contributed by atoms with Crippen molar-refractivity contribution in [1.29, 1.82) is 5.26 Å². The largest absolute Gasteiger partial charge is 0.376 e. The predicted molar refractivity (Wildman–Crippen MR) is 55.9 cm³/mol. The quantitative estimate of drug-likeness (QED) is 0.755. The van der Waals surface area contributed by atoms with E-state index in [0.29, 0.717) is 6.54 Å². The summed E-state index contributed by atoms with van der Waals surface area (Å²) in [5.41, 5.74) is 0. The van der Waals surface area contributed by atoms with Crippen LogP contribution in [-0.4, -0.2) is 25.2 Å². The second-order valence-electron chi connectivity index (χ2n) is 4.23. The maximum atomic E-state index is 11.6. The third kappa shape index (κ3) is 3.52. The summed E-state index contributed by atoms with van der Waals surface area (Å²) in [6.07, 6.45) is 2.20. The van der Waals surface area contributed by atoms with E-state index in [1.54, 1.807) is 0 Å². The van der Waals surface area contributed by atoms with Crippen LogP contribution in [-0.2, 0) is 9.53 Å². The zero-order chi connectivity index (χ0) is 11.3. The number of carbonyl (C=O) groups is 1. The van der Waals surface area contributed by atoms with Gasteiger partial charge in [-0.15, -0.1) is 0 Å². The van der Waals surface area contributed by atoms with Crippen LogP contribution in [0.15, 0.2) is 0 Å². The fourth-order valence-corrected chi connectivity index (χ4v) is 1.64. The zero-order valence-corrected chi connectivity index (χ0v) is 9.32. The fourth-order valence-electron chi connectivity index (χ4n) is 1.64. The molecule has 0 aromatic heterocycles. The zero-order valence-electron chi connectivity index (χ0n) is 9.32. The highest BCUT2D eigenvalue weighted by Gasteiger charge is 2.23. The lowest BCUT2D eigenvalue weighted by Gasteiger charge is -2.15. The van der Waals surface area contributed by atoms with Crippen LogP contribution < -0.4 is 5.32 Å². The molecule has 0 bridgehead atoms. The van der Waals surface area contributed by atoms with Gasteiger partial charge in [-0.3, -0.25) is 4.79 Å². The van der Waals surface area contributed by atoms with Crippen molar-refractivity contribution >= 4 is 5.91 Å². The number of hydrogen-bond acceptors (Lipinski definition) is 3. The van der Waals surface area contributed by atoms with Gasteiger partial charge in [-0.05, 0) is 18.8 Å². The highest BCUT2D eigenvalue weighted by atomic mass is 16.5. The SMILES string of the molecule is CC(C)C(C#N)C(=O)NCC1CCCO1. The molecule has 0 radical (unpaired) electrons. The number of amides is 1. The first-order valence-electron chi connectivity index (χ1n) is 5.44. The third-order valence-corrected chi connectivity index (χ3v) is 2.62. The van der Waals surface area contributed by atoms with E-state index in [9.17, 15) is 4.79 Å². The monoisotopic (exact) mass is 210 g/mol. The minimum Gasteiger partial charge on any atom is -0.376 e. The van der Waals surface area contributed by atoms with Crippen LogP contribution >= 0.6 is 0 Å². The molecule has 4 heteroatoms. The standard InChI is InChI=1S/C11H18N2O2/c1-8(2)10(6-12)11(14)13-7-9-4-3-5-15-9/h8-10H,3-5,7H2,1-2H3,(H,13,14). The molecule has 0 spiro atoms. The minimum atomic E-state index is -0.550. The third-order valence-electron chi connectivity index (χ3n) is 2.62. The summed E-state index contributed by atoms with van der Waals surface area (Å²) in [4.78, 5) is 11.6. The molecule has 0 aromatic rings. The van der Waals surface area contributed by atoms with Crippen molar-refractivity contribution in [3.8, 4) is 6.07 Å². The molecule has 1 N–H and O–H groups in total. The van der Waals surface area contributed by atoms with Crippen LogP contribution in [0.5, 0.6) is 0 Å². The average Bonchev–Trinajstić information content (AvgIpc) is 2.67. The number of nitrogens with zero attached hydrogens (tertiary/aromatic N) is 1. The molecule has 1 aliphatic rings. The minimum absolute atomic E-state index is 0.0551. The first-order chi connectivity index (χ1) is 7.15. The Morgan fingerprint density at radius 2 is 2.40 bits per heavy atom. The molecular weight excluding hydrogens is 192 g/mol. The van der Waals surface area contributed by atoms with Gasteiger partial charge in [0.1, 0.15) is 5.92 Å². The number of nitriles is 1. The molecule has 84 valence electrons. The summed E-state index contributed by atoms with van der Waals surface area (Å²) < 4.78 is 5.38. The number of rotatable bonds is 4. The van der Waals surface area contributed by atoms with E-state index >= 15 is 0 Å². The smallest absolute Gasteiger partial charge is 0.237 e. The lowest BCUT2D eigenvalue weighted by atomic mass is 9.96. The Bertz CT molecular complexity index is 252. The average molecular weight is 210 g/mol. The summed E-state index contributed by atoms with van der Waals surface area (Å²) in [7, 11) is 0. The molecule has 1 rings (SSSR count). The van der Waals surface area contributed by atoms with Gasteiger partial charge in [-0.25, -0.2) is 0 Å².